The van der Waals surface area contributed by atoms with E-state index in [1.807, 2.05) is 6.07 Å². The number of amides is 4. The molecule has 4 rings (SSSR count). The van der Waals surface area contributed by atoms with Crippen molar-refractivity contribution in [3.63, 3.8) is 0 Å². The molecule has 206 valence electrons. The van der Waals surface area contributed by atoms with Crippen molar-refractivity contribution in [1.29, 1.82) is 0 Å². The molecule has 1 saturated heterocycles. The van der Waals surface area contributed by atoms with Gasteiger partial charge in [0.15, 0.2) is 18.1 Å². The number of para-hydroxylation sites is 1. The monoisotopic (exact) mass is 583 g/mol. The van der Waals surface area contributed by atoms with Crippen LogP contribution in [0.15, 0.2) is 71.6 Å². The van der Waals surface area contributed by atoms with Gasteiger partial charge in [-0.1, -0.05) is 35.9 Å². The summed E-state index contributed by atoms with van der Waals surface area (Å²) in [7, 11) is 0. The van der Waals surface area contributed by atoms with E-state index in [2.05, 4.69) is 10.6 Å². The molecule has 0 atom stereocenters. The molecule has 3 aromatic carbocycles. The van der Waals surface area contributed by atoms with Gasteiger partial charge >= 0.3 is 0 Å². The average Bonchev–Trinajstić information content (AvgIpc) is 3.16. The van der Waals surface area contributed by atoms with Crippen LogP contribution in [0.3, 0.4) is 0 Å². The molecule has 3 aromatic rings. The van der Waals surface area contributed by atoms with Crippen molar-refractivity contribution in [2.45, 2.75) is 6.92 Å². The van der Waals surface area contributed by atoms with E-state index in [9.17, 15) is 23.6 Å². The van der Waals surface area contributed by atoms with Gasteiger partial charge < -0.3 is 20.1 Å². The van der Waals surface area contributed by atoms with Crippen LogP contribution in [-0.2, 0) is 14.4 Å². The molecule has 1 aliphatic rings. The number of nitrogens with one attached hydrogen (secondary N) is 2. The van der Waals surface area contributed by atoms with E-state index in [0.29, 0.717) is 23.0 Å². The van der Waals surface area contributed by atoms with Crippen molar-refractivity contribution < 1.29 is 33.0 Å². The zero-order chi connectivity index (χ0) is 28.6. The molecule has 0 unspecified atom stereocenters. The summed E-state index contributed by atoms with van der Waals surface area (Å²) in [5, 5.41) is 4.65. The largest absolute Gasteiger partial charge is 0.490 e. The van der Waals surface area contributed by atoms with Crippen LogP contribution >= 0.6 is 23.4 Å². The Morgan fingerprint density at radius 3 is 2.42 bits per heavy atom. The first-order valence-corrected chi connectivity index (χ1v) is 13.2. The summed E-state index contributed by atoms with van der Waals surface area (Å²) in [5.74, 6) is -1.88. The zero-order valence-corrected chi connectivity index (χ0v) is 22.7. The maximum absolute atomic E-state index is 13.4. The number of imide groups is 1. The number of thioether (sulfide) groups is 1. The minimum absolute atomic E-state index is 0.0676. The molecule has 0 spiro atoms. The summed E-state index contributed by atoms with van der Waals surface area (Å²) in [6.07, 6.45) is 1.44. The average molecular weight is 584 g/mol. The predicted molar refractivity (Wildman–Crippen MR) is 151 cm³/mol. The maximum Gasteiger partial charge on any atom is 0.294 e. The minimum Gasteiger partial charge on any atom is -0.490 e. The van der Waals surface area contributed by atoms with Crippen LogP contribution in [-0.4, -0.2) is 47.6 Å². The predicted octanol–water partition coefficient (Wildman–Crippen LogP) is 5.57. The van der Waals surface area contributed by atoms with Crippen LogP contribution in [0, 0.1) is 5.82 Å². The van der Waals surface area contributed by atoms with Gasteiger partial charge in [-0.25, -0.2) is 4.39 Å². The standard InChI is InChI=1S/C28H23ClFN3O6S/c1-2-38-22-12-17(11-21(29)26(22)39-16-25(35)31-19-8-4-3-5-9-19)13-23-27(36)33(28(37)40-23)15-24(34)32-20-10-6-7-18(30)14-20/h3-14H,2,15-16H2,1H3,(H,31,35)(H,32,34)/b23-13+. The Kier molecular flexibility index (Phi) is 9.41. The van der Waals surface area contributed by atoms with Crippen molar-refractivity contribution in [3.8, 4) is 11.5 Å². The fraction of sp³-hybridized carbons (Fsp3) is 0.143. The van der Waals surface area contributed by atoms with Crippen LogP contribution in [0.5, 0.6) is 11.5 Å². The number of rotatable bonds is 10. The normalized spacial score (nSPS) is 13.9. The van der Waals surface area contributed by atoms with Crippen molar-refractivity contribution in [3.05, 3.63) is 88.0 Å². The lowest BCUT2D eigenvalue weighted by molar-refractivity contribution is -0.127. The molecule has 0 radical (unpaired) electrons. The van der Waals surface area contributed by atoms with E-state index in [1.165, 1.54) is 30.3 Å². The van der Waals surface area contributed by atoms with Crippen LogP contribution in [0.1, 0.15) is 12.5 Å². The van der Waals surface area contributed by atoms with Gasteiger partial charge in [0.2, 0.25) is 5.91 Å². The molecule has 2 N–H and O–H groups in total. The summed E-state index contributed by atoms with van der Waals surface area (Å²) >= 11 is 7.10. The number of anilines is 2. The fourth-order valence-electron chi connectivity index (χ4n) is 3.63. The lowest BCUT2D eigenvalue weighted by Gasteiger charge is -2.15. The molecule has 12 heteroatoms. The smallest absolute Gasteiger partial charge is 0.294 e. The van der Waals surface area contributed by atoms with Gasteiger partial charge in [-0.15, -0.1) is 0 Å². The molecule has 1 aliphatic heterocycles. The van der Waals surface area contributed by atoms with E-state index in [0.717, 1.165) is 11.0 Å². The van der Waals surface area contributed by atoms with Crippen LogP contribution in [0.2, 0.25) is 5.02 Å². The van der Waals surface area contributed by atoms with E-state index >= 15 is 0 Å². The molecular weight excluding hydrogens is 561 g/mol. The second kappa shape index (κ2) is 13.1. The summed E-state index contributed by atoms with van der Waals surface area (Å²) < 4.78 is 24.7. The second-order valence-electron chi connectivity index (χ2n) is 8.29. The molecule has 1 heterocycles. The molecule has 0 bridgehead atoms. The van der Waals surface area contributed by atoms with Crippen LogP contribution < -0.4 is 20.1 Å². The first-order valence-electron chi connectivity index (χ1n) is 12.0. The molecule has 0 aliphatic carbocycles. The van der Waals surface area contributed by atoms with Crippen molar-refractivity contribution >= 4 is 63.8 Å². The van der Waals surface area contributed by atoms with Gasteiger partial charge in [0.1, 0.15) is 12.4 Å². The molecule has 0 saturated carbocycles. The maximum atomic E-state index is 13.4. The highest BCUT2D eigenvalue weighted by atomic mass is 35.5. The number of nitrogens with zero attached hydrogens (tertiary/aromatic N) is 1. The summed E-state index contributed by atoms with van der Waals surface area (Å²) in [6, 6.07) is 17.2. The number of ether oxygens (including phenoxy) is 2. The van der Waals surface area contributed by atoms with E-state index in [1.54, 1.807) is 37.3 Å². The Hall–Kier alpha value is -4.35. The third kappa shape index (κ3) is 7.39. The third-order valence-corrected chi connectivity index (χ3v) is 6.51. The molecule has 9 nitrogen and oxygen atoms in total. The first kappa shape index (κ1) is 28.7. The lowest BCUT2D eigenvalue weighted by atomic mass is 10.1. The van der Waals surface area contributed by atoms with E-state index in [4.69, 9.17) is 21.1 Å². The number of benzene rings is 3. The number of halogens is 2. The Morgan fingerprint density at radius 2 is 1.70 bits per heavy atom. The second-order valence-corrected chi connectivity index (χ2v) is 9.69. The fourth-order valence-corrected chi connectivity index (χ4v) is 4.74. The van der Waals surface area contributed by atoms with Crippen molar-refractivity contribution in [2.24, 2.45) is 0 Å². The Labute approximate surface area is 238 Å². The van der Waals surface area contributed by atoms with Gasteiger partial charge in [-0.2, -0.15) is 0 Å². The molecule has 0 aromatic heterocycles. The zero-order valence-electron chi connectivity index (χ0n) is 21.1. The highest BCUT2D eigenvalue weighted by Gasteiger charge is 2.36. The van der Waals surface area contributed by atoms with Crippen molar-refractivity contribution in [1.82, 2.24) is 4.90 Å². The quantitative estimate of drug-likeness (QED) is 0.300. The van der Waals surface area contributed by atoms with Gasteiger partial charge in [-0.3, -0.25) is 24.1 Å². The molecule has 4 amide bonds. The Balaban J connectivity index is 1.45. The highest BCUT2D eigenvalue weighted by molar-refractivity contribution is 8.18. The van der Waals surface area contributed by atoms with Gasteiger partial charge in [0.25, 0.3) is 17.1 Å². The van der Waals surface area contributed by atoms with Gasteiger partial charge in [-0.05, 0) is 72.8 Å². The number of hydrogen-bond acceptors (Lipinski definition) is 7. The van der Waals surface area contributed by atoms with Gasteiger partial charge in [0.05, 0.1) is 16.5 Å². The summed E-state index contributed by atoms with van der Waals surface area (Å²) in [4.78, 5) is 50.9. The molecule has 1 fully saturated rings. The Morgan fingerprint density at radius 1 is 0.975 bits per heavy atom. The Bertz CT molecular complexity index is 1480. The van der Waals surface area contributed by atoms with Crippen LogP contribution in [0.25, 0.3) is 6.08 Å². The van der Waals surface area contributed by atoms with Crippen molar-refractivity contribution in [2.75, 3.05) is 30.4 Å². The minimum atomic E-state index is -0.670. The topological polar surface area (TPSA) is 114 Å². The molecular formula is C28H23ClFN3O6S. The summed E-state index contributed by atoms with van der Waals surface area (Å²) in [5.41, 5.74) is 1.25. The molecule has 40 heavy (non-hydrogen) atoms. The van der Waals surface area contributed by atoms with E-state index < -0.39 is 35.3 Å². The highest BCUT2D eigenvalue weighted by Crippen LogP contribution is 2.39. The van der Waals surface area contributed by atoms with Crippen LogP contribution in [0.4, 0.5) is 20.6 Å². The third-order valence-electron chi connectivity index (χ3n) is 5.32. The number of carbonyl (C=O) groups excluding carboxylic acids is 4. The number of hydrogen-bond donors (Lipinski definition) is 2. The first-order chi connectivity index (χ1) is 19.2. The SMILES string of the molecule is CCOc1cc(/C=C2/SC(=O)N(CC(=O)Nc3cccc(F)c3)C2=O)cc(Cl)c1OCC(=O)Nc1ccccc1. The van der Waals surface area contributed by atoms with E-state index in [-0.39, 0.29) is 40.3 Å². The van der Waals surface area contributed by atoms with Gasteiger partial charge in [0, 0.05) is 11.4 Å². The summed E-state index contributed by atoms with van der Waals surface area (Å²) in [6.45, 7) is 1.15. The lowest BCUT2D eigenvalue weighted by Crippen LogP contribution is -2.36. The number of carbonyl (C=O) groups is 4.